The summed E-state index contributed by atoms with van der Waals surface area (Å²) in [6.45, 7) is 3.37. The Labute approximate surface area is 88.9 Å². The first-order chi connectivity index (χ1) is 7.07. The third kappa shape index (κ3) is 3.54. The summed E-state index contributed by atoms with van der Waals surface area (Å²) in [5, 5.41) is 9.41. The van der Waals surface area contributed by atoms with Gasteiger partial charge in [-0.15, -0.1) is 0 Å². The van der Waals surface area contributed by atoms with E-state index in [0.717, 1.165) is 11.0 Å². The fourth-order valence-corrected chi connectivity index (χ4v) is 1.43. The van der Waals surface area contributed by atoms with Crippen LogP contribution >= 0.6 is 0 Å². The van der Waals surface area contributed by atoms with E-state index < -0.39 is 10.0 Å². The van der Waals surface area contributed by atoms with E-state index in [1.165, 1.54) is 0 Å². The standard InChI is InChI=1S/C10H10N2O2S/c1-2-15(13,14)12-8-10-5-3-9(7-11)4-6-10/h2-6,12H,1,8H2. The minimum Gasteiger partial charge on any atom is -0.208 e. The van der Waals surface area contributed by atoms with E-state index in [9.17, 15) is 8.42 Å². The van der Waals surface area contributed by atoms with E-state index in [4.69, 9.17) is 5.26 Å². The van der Waals surface area contributed by atoms with E-state index in [1.807, 2.05) is 6.07 Å². The Morgan fingerprint density at radius 1 is 1.40 bits per heavy atom. The second-order valence-electron chi connectivity index (χ2n) is 2.84. The third-order valence-corrected chi connectivity index (χ3v) is 2.77. The van der Waals surface area contributed by atoms with Gasteiger partial charge >= 0.3 is 0 Å². The summed E-state index contributed by atoms with van der Waals surface area (Å²) >= 11 is 0. The van der Waals surface area contributed by atoms with Crippen LogP contribution < -0.4 is 4.72 Å². The van der Waals surface area contributed by atoms with E-state index in [-0.39, 0.29) is 6.54 Å². The molecule has 1 aromatic carbocycles. The molecule has 0 saturated carbocycles. The molecule has 0 radical (unpaired) electrons. The quantitative estimate of drug-likeness (QED) is 0.829. The molecule has 4 nitrogen and oxygen atoms in total. The van der Waals surface area contributed by atoms with Gasteiger partial charge in [-0.3, -0.25) is 0 Å². The van der Waals surface area contributed by atoms with Gasteiger partial charge in [0.15, 0.2) is 0 Å². The molecule has 0 aromatic heterocycles. The van der Waals surface area contributed by atoms with Gasteiger partial charge < -0.3 is 0 Å². The number of rotatable bonds is 4. The van der Waals surface area contributed by atoms with Crippen LogP contribution in [0.15, 0.2) is 36.3 Å². The minimum absolute atomic E-state index is 0.195. The van der Waals surface area contributed by atoms with Crippen LogP contribution in [0.25, 0.3) is 0 Å². The molecular weight excluding hydrogens is 212 g/mol. The highest BCUT2D eigenvalue weighted by Gasteiger charge is 2.02. The monoisotopic (exact) mass is 222 g/mol. The number of benzene rings is 1. The van der Waals surface area contributed by atoms with Crippen molar-refractivity contribution >= 4 is 10.0 Å². The molecule has 1 aromatic rings. The van der Waals surface area contributed by atoms with Crippen LogP contribution in [-0.4, -0.2) is 8.42 Å². The van der Waals surface area contributed by atoms with E-state index in [1.54, 1.807) is 24.3 Å². The zero-order valence-corrected chi connectivity index (χ0v) is 8.79. The van der Waals surface area contributed by atoms with Gasteiger partial charge in [0.05, 0.1) is 11.6 Å². The van der Waals surface area contributed by atoms with E-state index in [2.05, 4.69) is 11.3 Å². The predicted octanol–water partition coefficient (Wildman–Crippen LogP) is 1.12. The topological polar surface area (TPSA) is 70.0 Å². The van der Waals surface area contributed by atoms with Crippen molar-refractivity contribution in [3.8, 4) is 6.07 Å². The molecule has 5 heteroatoms. The fourth-order valence-electron chi connectivity index (χ4n) is 0.940. The predicted molar refractivity (Wildman–Crippen MR) is 57.1 cm³/mol. The average molecular weight is 222 g/mol. The molecule has 0 saturated heterocycles. The van der Waals surface area contributed by atoms with Gasteiger partial charge in [-0.2, -0.15) is 5.26 Å². The number of nitrogens with one attached hydrogen (secondary N) is 1. The fraction of sp³-hybridized carbons (Fsp3) is 0.100. The largest absolute Gasteiger partial charge is 0.233 e. The highest BCUT2D eigenvalue weighted by Crippen LogP contribution is 2.03. The Kier molecular flexibility index (Phi) is 3.61. The van der Waals surface area contributed by atoms with Crippen molar-refractivity contribution in [1.82, 2.24) is 4.72 Å². The van der Waals surface area contributed by atoms with E-state index in [0.29, 0.717) is 5.56 Å². The zero-order valence-electron chi connectivity index (χ0n) is 7.97. The lowest BCUT2D eigenvalue weighted by atomic mass is 10.1. The first-order valence-electron chi connectivity index (χ1n) is 4.18. The van der Waals surface area contributed by atoms with Gasteiger partial charge in [0.2, 0.25) is 10.0 Å². The maximum absolute atomic E-state index is 11.0. The van der Waals surface area contributed by atoms with Crippen LogP contribution in [0.2, 0.25) is 0 Å². The van der Waals surface area contributed by atoms with Crippen LogP contribution in [-0.2, 0) is 16.6 Å². The van der Waals surface area contributed by atoms with Gasteiger partial charge in [-0.05, 0) is 17.7 Å². The molecule has 78 valence electrons. The van der Waals surface area contributed by atoms with Crippen LogP contribution in [0.3, 0.4) is 0 Å². The highest BCUT2D eigenvalue weighted by molar-refractivity contribution is 7.92. The summed E-state index contributed by atoms with van der Waals surface area (Å²) in [4.78, 5) is 0. The molecule has 0 bridgehead atoms. The molecule has 0 amide bonds. The molecule has 0 heterocycles. The Hall–Kier alpha value is -1.64. The molecule has 1 N–H and O–H groups in total. The number of nitriles is 1. The zero-order chi connectivity index (χ0) is 11.3. The molecular formula is C10H10N2O2S. The number of nitrogens with zero attached hydrogens (tertiary/aromatic N) is 1. The molecule has 0 spiro atoms. The SMILES string of the molecule is C=CS(=O)(=O)NCc1ccc(C#N)cc1. The molecule has 0 aliphatic carbocycles. The Bertz CT molecular complexity index is 483. The van der Waals surface area contributed by atoms with Crippen LogP contribution in [0, 0.1) is 11.3 Å². The Morgan fingerprint density at radius 2 is 2.00 bits per heavy atom. The van der Waals surface area contributed by atoms with Crippen LogP contribution in [0.5, 0.6) is 0 Å². The van der Waals surface area contributed by atoms with Crippen LogP contribution in [0.4, 0.5) is 0 Å². The lowest BCUT2D eigenvalue weighted by Gasteiger charge is -2.02. The molecule has 1 rings (SSSR count). The van der Waals surface area contributed by atoms with Crippen molar-refractivity contribution in [3.63, 3.8) is 0 Å². The van der Waals surface area contributed by atoms with Crippen molar-refractivity contribution in [3.05, 3.63) is 47.4 Å². The second-order valence-corrected chi connectivity index (χ2v) is 4.55. The van der Waals surface area contributed by atoms with Gasteiger partial charge in [0.1, 0.15) is 0 Å². The van der Waals surface area contributed by atoms with Crippen molar-refractivity contribution in [2.75, 3.05) is 0 Å². The van der Waals surface area contributed by atoms with Gasteiger partial charge in [0.25, 0.3) is 0 Å². The van der Waals surface area contributed by atoms with Crippen molar-refractivity contribution in [2.24, 2.45) is 0 Å². The number of hydrogen-bond donors (Lipinski definition) is 1. The normalized spacial score (nSPS) is 10.6. The summed E-state index contributed by atoms with van der Waals surface area (Å²) in [6, 6.07) is 8.65. The maximum atomic E-state index is 11.0. The average Bonchev–Trinajstić information content (AvgIpc) is 2.27. The second kappa shape index (κ2) is 4.73. The molecule has 0 fully saturated rings. The van der Waals surface area contributed by atoms with Crippen molar-refractivity contribution in [2.45, 2.75) is 6.54 Å². The van der Waals surface area contributed by atoms with Gasteiger partial charge in [0, 0.05) is 12.0 Å². The minimum atomic E-state index is -3.38. The number of sulfonamides is 1. The molecule has 0 unspecified atom stereocenters. The summed E-state index contributed by atoms with van der Waals surface area (Å²) in [5.74, 6) is 0. The summed E-state index contributed by atoms with van der Waals surface area (Å²) in [5.41, 5.74) is 1.34. The van der Waals surface area contributed by atoms with Crippen molar-refractivity contribution < 1.29 is 8.42 Å². The van der Waals surface area contributed by atoms with E-state index >= 15 is 0 Å². The molecule has 0 aliphatic heterocycles. The Balaban J connectivity index is 2.68. The smallest absolute Gasteiger partial charge is 0.208 e. The third-order valence-electron chi connectivity index (χ3n) is 1.78. The van der Waals surface area contributed by atoms with Gasteiger partial charge in [-0.25, -0.2) is 13.1 Å². The summed E-state index contributed by atoms with van der Waals surface area (Å²) in [7, 11) is -3.38. The summed E-state index contributed by atoms with van der Waals surface area (Å²) in [6.07, 6.45) is 0. The molecule has 0 atom stereocenters. The summed E-state index contributed by atoms with van der Waals surface area (Å²) < 4.78 is 24.4. The van der Waals surface area contributed by atoms with Gasteiger partial charge in [-0.1, -0.05) is 18.7 Å². The van der Waals surface area contributed by atoms with Crippen LogP contribution in [0.1, 0.15) is 11.1 Å². The Morgan fingerprint density at radius 3 is 2.47 bits per heavy atom. The highest BCUT2D eigenvalue weighted by atomic mass is 32.2. The first kappa shape index (κ1) is 11.4. The lowest BCUT2D eigenvalue weighted by Crippen LogP contribution is -2.20. The number of hydrogen-bond acceptors (Lipinski definition) is 3. The first-order valence-corrected chi connectivity index (χ1v) is 5.73. The molecule has 15 heavy (non-hydrogen) atoms. The maximum Gasteiger partial charge on any atom is 0.233 e. The molecule has 0 aliphatic rings. The lowest BCUT2D eigenvalue weighted by molar-refractivity contribution is 0.590. The van der Waals surface area contributed by atoms with Crippen molar-refractivity contribution in [1.29, 1.82) is 5.26 Å².